The molecule has 0 aliphatic rings. The summed E-state index contributed by atoms with van der Waals surface area (Å²) in [6, 6.07) is 7.13. The highest BCUT2D eigenvalue weighted by atomic mass is 32.2. The second kappa shape index (κ2) is 7.17. The molecule has 88 valence electrons. The number of methoxy groups -OCH3 is 1. The van der Waals surface area contributed by atoms with E-state index >= 15 is 0 Å². The summed E-state index contributed by atoms with van der Waals surface area (Å²) >= 11 is 1.58. The molecule has 0 aliphatic carbocycles. The van der Waals surface area contributed by atoms with Gasteiger partial charge in [-0.25, -0.2) is 0 Å². The Bertz CT molecular complexity index is 339. The van der Waals surface area contributed by atoms with Gasteiger partial charge in [-0.05, 0) is 24.3 Å². The summed E-state index contributed by atoms with van der Waals surface area (Å²) in [6.07, 6.45) is 1.06. The second-order valence-electron chi connectivity index (χ2n) is 3.18. The lowest BCUT2D eigenvalue weighted by Crippen LogP contribution is -2.11. The van der Waals surface area contributed by atoms with Crippen molar-refractivity contribution in [1.82, 2.24) is 0 Å². The van der Waals surface area contributed by atoms with E-state index in [2.05, 4.69) is 6.92 Å². The Morgan fingerprint density at radius 3 is 2.62 bits per heavy atom. The van der Waals surface area contributed by atoms with Crippen LogP contribution in [0.1, 0.15) is 13.3 Å². The van der Waals surface area contributed by atoms with E-state index in [1.807, 2.05) is 12.1 Å². The van der Waals surface area contributed by atoms with Crippen LogP contribution in [0.3, 0.4) is 0 Å². The highest BCUT2D eigenvalue weighted by molar-refractivity contribution is 7.99. The van der Waals surface area contributed by atoms with Crippen LogP contribution < -0.4 is 9.47 Å². The van der Waals surface area contributed by atoms with Crippen LogP contribution in [-0.4, -0.2) is 24.6 Å². The Morgan fingerprint density at radius 2 is 2.00 bits per heavy atom. The molecule has 16 heavy (non-hydrogen) atoms. The molecule has 0 aromatic heterocycles. The topological polar surface area (TPSA) is 35.5 Å². The van der Waals surface area contributed by atoms with Gasteiger partial charge in [-0.15, -0.1) is 0 Å². The molecule has 0 fully saturated rings. The standard InChI is InChI=1S/C12H16O3S/c1-3-8-16-9-12(13)15-11-7-5-4-6-10(11)14-2/h4-7H,3,8-9H2,1-2H3. The minimum Gasteiger partial charge on any atom is -0.493 e. The molecule has 0 heterocycles. The van der Waals surface area contributed by atoms with E-state index in [4.69, 9.17) is 9.47 Å². The van der Waals surface area contributed by atoms with Crippen molar-refractivity contribution >= 4 is 17.7 Å². The first kappa shape index (κ1) is 12.9. The van der Waals surface area contributed by atoms with Crippen molar-refractivity contribution in [3.8, 4) is 11.5 Å². The van der Waals surface area contributed by atoms with Crippen molar-refractivity contribution in [1.29, 1.82) is 0 Å². The molecule has 0 atom stereocenters. The quantitative estimate of drug-likeness (QED) is 0.435. The summed E-state index contributed by atoms with van der Waals surface area (Å²) in [5.41, 5.74) is 0. The number of ether oxygens (including phenoxy) is 2. The molecule has 0 N–H and O–H groups in total. The van der Waals surface area contributed by atoms with Gasteiger partial charge in [0.15, 0.2) is 11.5 Å². The van der Waals surface area contributed by atoms with Gasteiger partial charge in [-0.2, -0.15) is 11.8 Å². The number of benzene rings is 1. The van der Waals surface area contributed by atoms with E-state index in [9.17, 15) is 4.79 Å². The molecule has 3 nitrogen and oxygen atoms in total. The third-order valence-corrected chi connectivity index (χ3v) is 3.00. The maximum atomic E-state index is 11.5. The zero-order chi connectivity index (χ0) is 11.8. The van der Waals surface area contributed by atoms with Crippen LogP contribution in [0.25, 0.3) is 0 Å². The van der Waals surface area contributed by atoms with E-state index in [0.717, 1.165) is 12.2 Å². The molecule has 0 spiro atoms. The molecular weight excluding hydrogens is 224 g/mol. The molecule has 0 aliphatic heterocycles. The van der Waals surface area contributed by atoms with Crippen molar-refractivity contribution in [3.05, 3.63) is 24.3 Å². The summed E-state index contributed by atoms with van der Waals surface area (Å²) in [6.45, 7) is 2.08. The van der Waals surface area contributed by atoms with Crippen molar-refractivity contribution in [3.63, 3.8) is 0 Å². The van der Waals surface area contributed by atoms with Crippen LogP contribution in [0.15, 0.2) is 24.3 Å². The van der Waals surface area contributed by atoms with Crippen molar-refractivity contribution in [2.24, 2.45) is 0 Å². The van der Waals surface area contributed by atoms with Crippen molar-refractivity contribution < 1.29 is 14.3 Å². The Hall–Kier alpha value is -1.16. The monoisotopic (exact) mass is 240 g/mol. The van der Waals surface area contributed by atoms with Gasteiger partial charge in [0, 0.05) is 0 Å². The lowest BCUT2D eigenvalue weighted by molar-refractivity contribution is -0.131. The maximum absolute atomic E-state index is 11.5. The first-order valence-corrected chi connectivity index (χ1v) is 6.34. The fourth-order valence-corrected chi connectivity index (χ4v) is 1.81. The summed E-state index contributed by atoms with van der Waals surface area (Å²) in [4.78, 5) is 11.5. The molecule has 0 amide bonds. The normalized spacial score (nSPS) is 9.88. The van der Waals surface area contributed by atoms with Crippen molar-refractivity contribution in [2.45, 2.75) is 13.3 Å². The average molecular weight is 240 g/mol. The van der Waals surface area contributed by atoms with E-state index in [-0.39, 0.29) is 5.97 Å². The third kappa shape index (κ3) is 4.14. The fourth-order valence-electron chi connectivity index (χ4n) is 1.16. The van der Waals surface area contributed by atoms with Gasteiger partial charge >= 0.3 is 5.97 Å². The highest BCUT2D eigenvalue weighted by Crippen LogP contribution is 2.26. The van der Waals surface area contributed by atoms with E-state index in [0.29, 0.717) is 17.3 Å². The lowest BCUT2D eigenvalue weighted by atomic mass is 10.3. The van der Waals surface area contributed by atoms with E-state index in [1.165, 1.54) is 0 Å². The second-order valence-corrected chi connectivity index (χ2v) is 4.28. The molecule has 1 aromatic rings. The first-order chi connectivity index (χ1) is 7.77. The Labute approximate surface area is 100 Å². The molecule has 0 unspecified atom stereocenters. The third-order valence-electron chi connectivity index (χ3n) is 1.86. The van der Waals surface area contributed by atoms with Crippen LogP contribution in [0, 0.1) is 0 Å². The number of esters is 1. The van der Waals surface area contributed by atoms with E-state index < -0.39 is 0 Å². The number of hydrogen-bond donors (Lipinski definition) is 0. The predicted molar refractivity (Wildman–Crippen MR) is 66.2 cm³/mol. The largest absolute Gasteiger partial charge is 0.493 e. The maximum Gasteiger partial charge on any atom is 0.321 e. The number of hydrogen-bond acceptors (Lipinski definition) is 4. The van der Waals surface area contributed by atoms with E-state index in [1.54, 1.807) is 31.0 Å². The minimum absolute atomic E-state index is 0.233. The summed E-state index contributed by atoms with van der Waals surface area (Å²) in [7, 11) is 1.55. The van der Waals surface area contributed by atoms with Gasteiger partial charge in [-0.3, -0.25) is 4.79 Å². The van der Waals surface area contributed by atoms with Crippen molar-refractivity contribution in [2.75, 3.05) is 18.6 Å². The number of rotatable bonds is 6. The first-order valence-electron chi connectivity index (χ1n) is 5.19. The van der Waals surface area contributed by atoms with Crippen LogP contribution in [0.5, 0.6) is 11.5 Å². The number of para-hydroxylation sites is 2. The molecule has 4 heteroatoms. The molecule has 0 radical (unpaired) electrons. The molecule has 1 aromatic carbocycles. The van der Waals surface area contributed by atoms with Gasteiger partial charge in [0.2, 0.25) is 0 Å². The predicted octanol–water partition coefficient (Wildman–Crippen LogP) is 2.74. The number of carbonyl (C=O) groups is 1. The summed E-state index contributed by atoms with van der Waals surface area (Å²) < 4.78 is 10.3. The average Bonchev–Trinajstić information content (AvgIpc) is 2.30. The van der Waals surface area contributed by atoms with Gasteiger partial charge in [0.05, 0.1) is 12.9 Å². The van der Waals surface area contributed by atoms with Crippen LogP contribution in [-0.2, 0) is 4.79 Å². The van der Waals surface area contributed by atoms with Gasteiger partial charge in [-0.1, -0.05) is 19.1 Å². The molecule has 1 rings (SSSR count). The van der Waals surface area contributed by atoms with Crippen LogP contribution in [0.2, 0.25) is 0 Å². The van der Waals surface area contributed by atoms with Gasteiger partial charge in [0.25, 0.3) is 0 Å². The molecule has 0 saturated carbocycles. The SMILES string of the molecule is CCCSCC(=O)Oc1ccccc1OC. The van der Waals surface area contributed by atoms with Gasteiger partial charge < -0.3 is 9.47 Å². The molecule has 0 saturated heterocycles. The lowest BCUT2D eigenvalue weighted by Gasteiger charge is -2.08. The molecular formula is C12H16O3S. The number of thioether (sulfide) groups is 1. The van der Waals surface area contributed by atoms with Crippen LogP contribution in [0.4, 0.5) is 0 Å². The zero-order valence-electron chi connectivity index (χ0n) is 9.56. The molecule has 0 bridgehead atoms. The summed E-state index contributed by atoms with van der Waals surface area (Å²) in [5, 5.41) is 0. The fraction of sp³-hybridized carbons (Fsp3) is 0.417. The smallest absolute Gasteiger partial charge is 0.321 e. The minimum atomic E-state index is -0.233. The Balaban J connectivity index is 2.49. The van der Waals surface area contributed by atoms with Crippen LogP contribution >= 0.6 is 11.8 Å². The van der Waals surface area contributed by atoms with Gasteiger partial charge in [0.1, 0.15) is 0 Å². The highest BCUT2D eigenvalue weighted by Gasteiger charge is 2.08. The Kier molecular flexibility index (Phi) is 5.78. The number of carbonyl (C=O) groups excluding carboxylic acids is 1. The Morgan fingerprint density at radius 1 is 1.31 bits per heavy atom. The zero-order valence-corrected chi connectivity index (χ0v) is 10.4. The summed E-state index contributed by atoms with van der Waals surface area (Å²) in [5.74, 6) is 2.18.